The van der Waals surface area contributed by atoms with E-state index in [0.29, 0.717) is 18.0 Å². The molecule has 0 aromatic heterocycles. The van der Waals surface area contributed by atoms with E-state index in [1.807, 2.05) is 23.1 Å². The number of aliphatic carboxylic acids is 1. The highest BCUT2D eigenvalue weighted by Gasteiger charge is 2.47. The summed E-state index contributed by atoms with van der Waals surface area (Å²) in [5.74, 6) is -0.0178. The van der Waals surface area contributed by atoms with E-state index in [1.165, 1.54) is 19.3 Å². The van der Waals surface area contributed by atoms with Crippen LogP contribution in [0.4, 0.5) is 0 Å². The minimum Gasteiger partial charge on any atom is -0.481 e. The van der Waals surface area contributed by atoms with Crippen LogP contribution in [0.25, 0.3) is 0 Å². The Labute approximate surface area is 217 Å². The fourth-order valence-corrected chi connectivity index (χ4v) is 5.62. The first-order valence-electron chi connectivity index (χ1n) is 14.1. The molecule has 7 nitrogen and oxygen atoms in total. The predicted octanol–water partition coefficient (Wildman–Crippen LogP) is 5.67. The molecule has 7 heteroatoms. The second-order valence-corrected chi connectivity index (χ2v) is 10.4. The van der Waals surface area contributed by atoms with E-state index in [2.05, 4.69) is 25.7 Å². The van der Waals surface area contributed by atoms with Crippen LogP contribution < -0.4 is 9.47 Å². The highest BCUT2D eigenvalue weighted by atomic mass is 16.7. The Morgan fingerprint density at radius 3 is 2.28 bits per heavy atom. The van der Waals surface area contributed by atoms with Crippen LogP contribution in [0.5, 0.6) is 11.5 Å². The smallest absolute Gasteiger partial charge is 0.308 e. The summed E-state index contributed by atoms with van der Waals surface area (Å²) in [6.45, 7) is 9.09. The van der Waals surface area contributed by atoms with Crippen LogP contribution in [0, 0.1) is 5.92 Å². The molecule has 1 N–H and O–H groups in total. The van der Waals surface area contributed by atoms with Gasteiger partial charge in [0, 0.05) is 31.6 Å². The SMILES string of the molecule is CCCCCCC[C@@H]1[C@@H](C(=O)O)[C@@H](c2ccc3c(c2)OCO3)CN1CC(=O)N(CCCC)CCCC. The molecule has 1 amide bonds. The van der Waals surface area contributed by atoms with Crippen molar-refractivity contribution in [3.63, 3.8) is 0 Å². The lowest BCUT2D eigenvalue weighted by Gasteiger charge is -2.30. The van der Waals surface area contributed by atoms with E-state index < -0.39 is 11.9 Å². The number of likely N-dealkylation sites (tertiary alicyclic amines) is 1. The minimum absolute atomic E-state index is 0.128. The van der Waals surface area contributed by atoms with Crippen molar-refractivity contribution < 1.29 is 24.2 Å². The normalized spacial score (nSPS) is 21.1. The molecule has 0 aliphatic carbocycles. The lowest BCUT2D eigenvalue weighted by molar-refractivity contribution is -0.144. The van der Waals surface area contributed by atoms with E-state index in [1.54, 1.807) is 0 Å². The lowest BCUT2D eigenvalue weighted by atomic mass is 9.83. The molecular formula is C29H46N2O5. The van der Waals surface area contributed by atoms with Crippen LogP contribution in [-0.4, -0.2) is 65.8 Å². The lowest BCUT2D eigenvalue weighted by Crippen LogP contribution is -2.44. The van der Waals surface area contributed by atoms with Crippen LogP contribution in [-0.2, 0) is 9.59 Å². The zero-order chi connectivity index (χ0) is 25.9. The van der Waals surface area contributed by atoms with Gasteiger partial charge in [-0.2, -0.15) is 0 Å². The molecule has 2 aliphatic rings. The van der Waals surface area contributed by atoms with Gasteiger partial charge >= 0.3 is 5.97 Å². The summed E-state index contributed by atoms with van der Waals surface area (Å²) in [4.78, 5) is 30.2. The first-order valence-corrected chi connectivity index (χ1v) is 14.1. The quantitative estimate of drug-likeness (QED) is 0.293. The second-order valence-electron chi connectivity index (χ2n) is 10.4. The standard InChI is InChI=1S/C29H46N2O5/c1-4-7-10-11-12-13-24-28(29(33)34)23(22-14-15-25-26(18-22)36-21-35-25)19-31(24)20-27(32)30(16-8-5-2)17-9-6-3/h14-15,18,23-24,28H,4-13,16-17,19-21H2,1-3H3,(H,33,34)/t23-,24-,28+/m1/s1. The van der Waals surface area contributed by atoms with Gasteiger partial charge < -0.3 is 19.5 Å². The maximum Gasteiger partial charge on any atom is 0.308 e. The van der Waals surface area contributed by atoms with Crippen LogP contribution in [0.15, 0.2) is 18.2 Å². The number of carboxylic acid groups (broad SMARTS) is 1. The molecule has 3 rings (SSSR count). The predicted molar refractivity (Wildman–Crippen MR) is 142 cm³/mol. The highest BCUT2D eigenvalue weighted by molar-refractivity contribution is 5.79. The topological polar surface area (TPSA) is 79.3 Å². The van der Waals surface area contributed by atoms with Gasteiger partial charge in [-0.15, -0.1) is 0 Å². The Balaban J connectivity index is 1.80. The van der Waals surface area contributed by atoms with E-state index in [9.17, 15) is 14.7 Å². The summed E-state index contributed by atoms with van der Waals surface area (Å²) >= 11 is 0. The average Bonchev–Trinajstić information content (AvgIpc) is 3.48. The molecule has 0 unspecified atom stereocenters. The van der Waals surface area contributed by atoms with Gasteiger partial charge in [0.1, 0.15) is 0 Å². The zero-order valence-electron chi connectivity index (χ0n) is 22.5. The molecule has 2 aliphatic heterocycles. The van der Waals surface area contributed by atoms with Crippen LogP contribution in [0.1, 0.15) is 96.5 Å². The van der Waals surface area contributed by atoms with Crippen molar-refractivity contribution in [2.75, 3.05) is 33.0 Å². The van der Waals surface area contributed by atoms with Crippen molar-refractivity contribution in [2.24, 2.45) is 5.92 Å². The van der Waals surface area contributed by atoms with Gasteiger partial charge in [-0.25, -0.2) is 0 Å². The fourth-order valence-electron chi connectivity index (χ4n) is 5.62. The third-order valence-corrected chi connectivity index (χ3v) is 7.72. The van der Waals surface area contributed by atoms with E-state index in [-0.39, 0.29) is 31.2 Å². The zero-order valence-corrected chi connectivity index (χ0v) is 22.5. The van der Waals surface area contributed by atoms with Gasteiger partial charge in [0.2, 0.25) is 12.7 Å². The summed E-state index contributed by atoms with van der Waals surface area (Å²) in [6.07, 6.45) is 10.5. The number of hydrogen-bond donors (Lipinski definition) is 1. The Morgan fingerprint density at radius 1 is 0.944 bits per heavy atom. The highest BCUT2D eigenvalue weighted by Crippen LogP contribution is 2.43. The number of carbonyl (C=O) groups is 2. The van der Waals surface area contributed by atoms with Gasteiger partial charge in [0.25, 0.3) is 0 Å². The summed E-state index contributed by atoms with van der Waals surface area (Å²) < 4.78 is 11.0. The second kappa shape index (κ2) is 14.5. The van der Waals surface area contributed by atoms with Crippen molar-refractivity contribution in [1.82, 2.24) is 9.80 Å². The summed E-state index contributed by atoms with van der Waals surface area (Å²) in [7, 11) is 0. The molecule has 202 valence electrons. The monoisotopic (exact) mass is 502 g/mol. The van der Waals surface area contributed by atoms with Crippen LogP contribution in [0.2, 0.25) is 0 Å². The number of carbonyl (C=O) groups excluding carboxylic acids is 1. The fraction of sp³-hybridized carbons (Fsp3) is 0.724. The van der Waals surface area contributed by atoms with Crippen molar-refractivity contribution in [2.45, 2.75) is 96.9 Å². The Hall–Kier alpha value is -2.28. The number of nitrogens with zero attached hydrogens (tertiary/aromatic N) is 2. The number of unbranched alkanes of at least 4 members (excludes halogenated alkanes) is 6. The van der Waals surface area contributed by atoms with E-state index in [4.69, 9.17) is 9.47 Å². The number of carboxylic acids is 1. The molecule has 0 radical (unpaired) electrons. The third kappa shape index (κ3) is 7.37. The number of hydrogen-bond acceptors (Lipinski definition) is 5. The number of rotatable bonds is 16. The van der Waals surface area contributed by atoms with E-state index >= 15 is 0 Å². The van der Waals surface area contributed by atoms with Crippen LogP contribution >= 0.6 is 0 Å². The van der Waals surface area contributed by atoms with Crippen LogP contribution in [0.3, 0.4) is 0 Å². The average molecular weight is 503 g/mol. The number of ether oxygens (including phenoxy) is 2. The van der Waals surface area contributed by atoms with Crippen molar-refractivity contribution in [3.8, 4) is 11.5 Å². The molecule has 36 heavy (non-hydrogen) atoms. The van der Waals surface area contributed by atoms with Gasteiger partial charge in [-0.05, 0) is 37.0 Å². The van der Waals surface area contributed by atoms with E-state index in [0.717, 1.165) is 63.6 Å². The Bertz CT molecular complexity index is 837. The van der Waals surface area contributed by atoms with Crippen molar-refractivity contribution in [3.05, 3.63) is 23.8 Å². The first kappa shape index (κ1) is 28.3. The molecule has 0 saturated carbocycles. The van der Waals surface area contributed by atoms with Gasteiger partial charge in [-0.3, -0.25) is 14.5 Å². The number of amides is 1. The first-order chi connectivity index (χ1) is 17.5. The summed E-state index contributed by atoms with van der Waals surface area (Å²) in [5.41, 5.74) is 0.950. The molecule has 1 aromatic carbocycles. The maximum absolute atomic E-state index is 13.4. The molecule has 0 spiro atoms. The Kier molecular flexibility index (Phi) is 11.4. The van der Waals surface area contributed by atoms with Crippen molar-refractivity contribution >= 4 is 11.9 Å². The minimum atomic E-state index is -0.778. The number of fused-ring (bicyclic) bond motifs is 1. The summed E-state index contributed by atoms with van der Waals surface area (Å²) in [6, 6.07) is 5.62. The van der Waals surface area contributed by atoms with Gasteiger partial charge in [-0.1, -0.05) is 71.8 Å². The molecule has 1 saturated heterocycles. The molecular weight excluding hydrogens is 456 g/mol. The van der Waals surface area contributed by atoms with Crippen molar-refractivity contribution in [1.29, 1.82) is 0 Å². The van der Waals surface area contributed by atoms with Gasteiger partial charge in [0.15, 0.2) is 11.5 Å². The molecule has 1 fully saturated rings. The Morgan fingerprint density at radius 2 is 1.61 bits per heavy atom. The molecule has 1 aromatic rings. The third-order valence-electron chi connectivity index (χ3n) is 7.72. The summed E-state index contributed by atoms with van der Waals surface area (Å²) in [5, 5.41) is 10.4. The largest absolute Gasteiger partial charge is 0.481 e. The maximum atomic E-state index is 13.4. The molecule has 2 heterocycles. The molecule has 3 atom stereocenters. The van der Waals surface area contributed by atoms with Gasteiger partial charge in [0.05, 0.1) is 12.5 Å². The number of benzene rings is 1. The molecule has 0 bridgehead atoms.